The molecule has 2 heterocycles. The van der Waals surface area contributed by atoms with Crippen LogP contribution in [0, 0.1) is 5.92 Å². The molecule has 2 saturated heterocycles. The maximum absolute atomic E-state index is 12.9. The second-order valence-corrected chi connectivity index (χ2v) is 8.01. The first-order valence-corrected chi connectivity index (χ1v) is 10.4. The van der Waals surface area contributed by atoms with Gasteiger partial charge in [0.2, 0.25) is 11.8 Å². The van der Waals surface area contributed by atoms with Gasteiger partial charge in [-0.3, -0.25) is 19.4 Å². The van der Waals surface area contributed by atoms with Gasteiger partial charge >= 0.3 is 0 Å². The highest BCUT2D eigenvalue weighted by Gasteiger charge is 2.42. The van der Waals surface area contributed by atoms with E-state index in [0.717, 1.165) is 44.3 Å². The second-order valence-electron chi connectivity index (χ2n) is 8.01. The standard InChI is InChI=1S/C24H28N2O2/c27-23-18-22(24(28)26(23)16-13-19-7-3-1-4-8-19)25-14-11-21(12-15-25)17-20-9-5-2-6-10-20/h1-10,21-22H,11-18H2/t22-/m0/s1. The summed E-state index contributed by atoms with van der Waals surface area (Å²) in [6.07, 6.45) is 4.37. The summed E-state index contributed by atoms with van der Waals surface area (Å²) in [7, 11) is 0. The molecule has 0 N–H and O–H groups in total. The molecule has 4 rings (SSSR count). The van der Waals surface area contributed by atoms with E-state index in [2.05, 4.69) is 35.2 Å². The molecule has 0 saturated carbocycles. The van der Waals surface area contributed by atoms with Crippen molar-refractivity contribution in [1.29, 1.82) is 0 Å². The van der Waals surface area contributed by atoms with E-state index < -0.39 is 0 Å². The first kappa shape index (κ1) is 18.9. The van der Waals surface area contributed by atoms with Crippen LogP contribution in [0.4, 0.5) is 0 Å². The van der Waals surface area contributed by atoms with Crippen LogP contribution in [-0.4, -0.2) is 47.3 Å². The number of carbonyl (C=O) groups is 2. The van der Waals surface area contributed by atoms with Crippen LogP contribution in [0.2, 0.25) is 0 Å². The zero-order chi connectivity index (χ0) is 19.3. The Labute approximate surface area is 167 Å². The van der Waals surface area contributed by atoms with Gasteiger partial charge in [0.25, 0.3) is 0 Å². The number of imide groups is 1. The topological polar surface area (TPSA) is 40.6 Å². The number of hydrogen-bond acceptors (Lipinski definition) is 3. The lowest BCUT2D eigenvalue weighted by Gasteiger charge is -2.34. The SMILES string of the molecule is O=C1C[C@H](N2CCC(Cc3ccccc3)CC2)C(=O)N1CCc1ccccc1. The Morgan fingerprint density at radius 2 is 1.43 bits per heavy atom. The molecule has 146 valence electrons. The third kappa shape index (κ3) is 4.33. The lowest BCUT2D eigenvalue weighted by atomic mass is 9.89. The average molecular weight is 377 g/mol. The quantitative estimate of drug-likeness (QED) is 0.726. The highest BCUT2D eigenvalue weighted by Crippen LogP contribution is 2.27. The van der Waals surface area contributed by atoms with Crippen LogP contribution in [0.5, 0.6) is 0 Å². The van der Waals surface area contributed by atoms with Crippen LogP contribution in [0.1, 0.15) is 30.4 Å². The Bertz CT molecular complexity index is 798. The summed E-state index contributed by atoms with van der Waals surface area (Å²) in [4.78, 5) is 29.0. The number of amides is 2. The smallest absolute Gasteiger partial charge is 0.247 e. The number of hydrogen-bond donors (Lipinski definition) is 0. The fraction of sp³-hybridized carbons (Fsp3) is 0.417. The first-order valence-electron chi connectivity index (χ1n) is 10.4. The molecule has 28 heavy (non-hydrogen) atoms. The van der Waals surface area contributed by atoms with Crippen molar-refractivity contribution in [3.8, 4) is 0 Å². The minimum absolute atomic E-state index is 0.00226. The minimum Gasteiger partial charge on any atom is -0.292 e. The van der Waals surface area contributed by atoms with Gasteiger partial charge in [0.15, 0.2) is 0 Å². The van der Waals surface area contributed by atoms with Gasteiger partial charge in [-0.25, -0.2) is 0 Å². The molecule has 0 radical (unpaired) electrons. The fourth-order valence-electron chi connectivity index (χ4n) is 4.49. The molecule has 0 aliphatic carbocycles. The maximum atomic E-state index is 12.9. The molecule has 0 unspecified atom stereocenters. The molecule has 2 aromatic rings. The summed E-state index contributed by atoms with van der Waals surface area (Å²) in [6.45, 7) is 2.31. The summed E-state index contributed by atoms with van der Waals surface area (Å²) < 4.78 is 0. The van der Waals surface area contributed by atoms with Crippen molar-refractivity contribution in [2.45, 2.75) is 38.1 Å². The van der Waals surface area contributed by atoms with E-state index in [1.807, 2.05) is 30.3 Å². The van der Waals surface area contributed by atoms with E-state index in [0.29, 0.717) is 18.9 Å². The predicted molar refractivity (Wildman–Crippen MR) is 110 cm³/mol. The van der Waals surface area contributed by atoms with Gasteiger partial charge in [-0.1, -0.05) is 60.7 Å². The average Bonchev–Trinajstić information content (AvgIpc) is 3.02. The van der Waals surface area contributed by atoms with Crippen LogP contribution >= 0.6 is 0 Å². The molecular formula is C24H28N2O2. The summed E-state index contributed by atoms with van der Waals surface area (Å²) in [6, 6.07) is 20.4. The van der Waals surface area contributed by atoms with E-state index >= 15 is 0 Å². The number of rotatable bonds is 6. The van der Waals surface area contributed by atoms with Crippen LogP contribution in [-0.2, 0) is 22.4 Å². The van der Waals surface area contributed by atoms with Gasteiger partial charge in [-0.15, -0.1) is 0 Å². The molecule has 0 bridgehead atoms. The van der Waals surface area contributed by atoms with Gasteiger partial charge in [-0.2, -0.15) is 0 Å². The van der Waals surface area contributed by atoms with Crippen molar-refractivity contribution in [1.82, 2.24) is 9.80 Å². The fourth-order valence-corrected chi connectivity index (χ4v) is 4.49. The van der Waals surface area contributed by atoms with Gasteiger partial charge < -0.3 is 0 Å². The highest BCUT2D eigenvalue weighted by atomic mass is 16.2. The van der Waals surface area contributed by atoms with Gasteiger partial charge in [-0.05, 0) is 55.8 Å². The zero-order valence-corrected chi connectivity index (χ0v) is 16.3. The van der Waals surface area contributed by atoms with Gasteiger partial charge in [0, 0.05) is 6.54 Å². The van der Waals surface area contributed by atoms with Crippen molar-refractivity contribution in [2.75, 3.05) is 19.6 Å². The third-order valence-corrected chi connectivity index (χ3v) is 6.14. The zero-order valence-electron chi connectivity index (χ0n) is 16.3. The lowest BCUT2D eigenvalue weighted by Crippen LogP contribution is -2.46. The number of benzene rings is 2. The third-order valence-electron chi connectivity index (χ3n) is 6.14. The molecule has 2 fully saturated rings. The molecular weight excluding hydrogens is 348 g/mol. The van der Waals surface area contributed by atoms with Crippen LogP contribution in [0.25, 0.3) is 0 Å². The Balaban J connectivity index is 1.29. The number of likely N-dealkylation sites (tertiary alicyclic amines) is 2. The van der Waals surface area contributed by atoms with Crippen LogP contribution in [0.3, 0.4) is 0 Å². The second kappa shape index (κ2) is 8.70. The van der Waals surface area contributed by atoms with Gasteiger partial charge in [0.1, 0.15) is 0 Å². The first-order chi connectivity index (χ1) is 13.7. The molecule has 2 aromatic carbocycles. The van der Waals surface area contributed by atoms with Crippen molar-refractivity contribution in [2.24, 2.45) is 5.92 Å². The van der Waals surface area contributed by atoms with E-state index in [9.17, 15) is 9.59 Å². The predicted octanol–water partition coefficient (Wildman–Crippen LogP) is 3.31. The molecule has 0 aromatic heterocycles. The van der Waals surface area contributed by atoms with E-state index in [1.54, 1.807) is 0 Å². The monoisotopic (exact) mass is 376 g/mol. The highest BCUT2D eigenvalue weighted by molar-refractivity contribution is 6.05. The molecule has 1 atom stereocenters. The number of nitrogens with zero attached hydrogens (tertiary/aromatic N) is 2. The molecule has 4 nitrogen and oxygen atoms in total. The maximum Gasteiger partial charge on any atom is 0.247 e. The molecule has 2 aliphatic heterocycles. The van der Waals surface area contributed by atoms with Crippen molar-refractivity contribution < 1.29 is 9.59 Å². The van der Waals surface area contributed by atoms with E-state index in [4.69, 9.17) is 0 Å². The Kier molecular flexibility index (Phi) is 5.87. The van der Waals surface area contributed by atoms with Crippen molar-refractivity contribution >= 4 is 11.8 Å². The molecule has 2 aliphatic rings. The lowest BCUT2D eigenvalue weighted by molar-refractivity contribution is -0.139. The van der Waals surface area contributed by atoms with Crippen molar-refractivity contribution in [3.63, 3.8) is 0 Å². The van der Waals surface area contributed by atoms with Crippen LogP contribution < -0.4 is 0 Å². The molecule has 0 spiro atoms. The number of piperidine rings is 1. The Morgan fingerprint density at radius 3 is 2.07 bits per heavy atom. The summed E-state index contributed by atoms with van der Waals surface area (Å²) in [5, 5.41) is 0. The Morgan fingerprint density at radius 1 is 0.821 bits per heavy atom. The van der Waals surface area contributed by atoms with E-state index in [-0.39, 0.29) is 17.9 Å². The summed E-state index contributed by atoms with van der Waals surface area (Å²) in [5.41, 5.74) is 2.55. The summed E-state index contributed by atoms with van der Waals surface area (Å²) in [5.74, 6) is 0.653. The molecule has 4 heteroatoms. The van der Waals surface area contributed by atoms with Crippen molar-refractivity contribution in [3.05, 3.63) is 71.8 Å². The van der Waals surface area contributed by atoms with E-state index in [1.165, 1.54) is 10.5 Å². The van der Waals surface area contributed by atoms with Crippen LogP contribution in [0.15, 0.2) is 60.7 Å². The largest absolute Gasteiger partial charge is 0.292 e. The minimum atomic E-state index is -0.249. The summed E-state index contributed by atoms with van der Waals surface area (Å²) >= 11 is 0. The number of carbonyl (C=O) groups excluding carboxylic acids is 2. The Hall–Kier alpha value is -2.46. The van der Waals surface area contributed by atoms with Gasteiger partial charge in [0.05, 0.1) is 12.5 Å². The normalized spacial score (nSPS) is 21.4. The molecule has 2 amide bonds.